The Bertz CT molecular complexity index is 1060. The van der Waals surface area contributed by atoms with Crippen molar-refractivity contribution in [2.45, 2.75) is 25.8 Å². The van der Waals surface area contributed by atoms with E-state index in [1.807, 2.05) is 23.1 Å². The number of carbonyl (C=O) groups is 1. The first-order valence-electron chi connectivity index (χ1n) is 10.9. The minimum Gasteiger partial charge on any atom is -0.355 e. The van der Waals surface area contributed by atoms with Gasteiger partial charge in [0.25, 0.3) is 0 Å². The molecule has 0 spiro atoms. The van der Waals surface area contributed by atoms with Gasteiger partial charge >= 0.3 is 0 Å². The van der Waals surface area contributed by atoms with Crippen molar-refractivity contribution in [1.82, 2.24) is 15.1 Å². The first-order chi connectivity index (χ1) is 15.2. The number of hydrogen-bond acceptors (Lipinski definition) is 4. The normalized spacial score (nSPS) is 16.8. The molecule has 3 aromatic rings. The van der Waals surface area contributed by atoms with Crippen LogP contribution in [-0.2, 0) is 17.8 Å². The van der Waals surface area contributed by atoms with E-state index in [-0.39, 0.29) is 17.6 Å². The van der Waals surface area contributed by atoms with Gasteiger partial charge in [0.15, 0.2) is 5.82 Å². The van der Waals surface area contributed by atoms with Crippen LogP contribution < -0.4 is 4.90 Å². The average molecular weight is 417 g/mol. The number of piperidine rings is 1. The Labute approximate surface area is 181 Å². The number of hydrogen-bond donors (Lipinski definition) is 0. The number of halogens is 1. The van der Waals surface area contributed by atoms with Crippen LogP contribution in [0.1, 0.15) is 24.0 Å². The third kappa shape index (κ3) is 4.15. The molecule has 0 saturated carbocycles. The van der Waals surface area contributed by atoms with E-state index in [4.69, 9.17) is 0 Å². The van der Waals surface area contributed by atoms with Gasteiger partial charge in [-0.05, 0) is 66.8 Å². The van der Waals surface area contributed by atoms with Crippen LogP contribution in [0.4, 0.5) is 10.2 Å². The Hall–Kier alpha value is -3.28. The molecule has 0 aliphatic carbocycles. The van der Waals surface area contributed by atoms with Crippen molar-refractivity contribution in [1.29, 1.82) is 0 Å². The van der Waals surface area contributed by atoms with Crippen molar-refractivity contribution >= 4 is 11.7 Å². The monoisotopic (exact) mass is 416 g/mol. The average Bonchev–Trinajstić information content (AvgIpc) is 2.84. The highest BCUT2D eigenvalue weighted by atomic mass is 19.1. The van der Waals surface area contributed by atoms with E-state index >= 15 is 0 Å². The molecule has 5 rings (SSSR count). The number of amides is 1. The van der Waals surface area contributed by atoms with Crippen LogP contribution >= 0.6 is 0 Å². The van der Waals surface area contributed by atoms with Gasteiger partial charge in [-0.3, -0.25) is 4.79 Å². The van der Waals surface area contributed by atoms with E-state index in [1.54, 1.807) is 12.1 Å². The predicted octanol–water partition coefficient (Wildman–Crippen LogP) is 4.08. The number of anilines is 1. The predicted molar refractivity (Wildman–Crippen MR) is 118 cm³/mol. The maximum absolute atomic E-state index is 13.1. The molecule has 0 bridgehead atoms. The van der Waals surface area contributed by atoms with Gasteiger partial charge in [0.2, 0.25) is 5.91 Å². The maximum Gasteiger partial charge on any atom is 0.226 e. The molecule has 1 amide bonds. The summed E-state index contributed by atoms with van der Waals surface area (Å²) in [7, 11) is 0. The molecule has 31 heavy (non-hydrogen) atoms. The minimum absolute atomic E-state index is 0.0768. The second-order valence-electron chi connectivity index (χ2n) is 8.32. The highest BCUT2D eigenvalue weighted by Crippen LogP contribution is 2.27. The summed E-state index contributed by atoms with van der Waals surface area (Å²) in [4.78, 5) is 17.3. The van der Waals surface area contributed by atoms with Gasteiger partial charge in [-0.25, -0.2) is 4.39 Å². The summed E-state index contributed by atoms with van der Waals surface area (Å²) in [6.45, 7) is 3.13. The fourth-order valence-corrected chi connectivity index (χ4v) is 4.57. The molecular weight excluding hydrogens is 391 g/mol. The lowest BCUT2D eigenvalue weighted by Gasteiger charge is -2.36. The van der Waals surface area contributed by atoms with Crippen molar-refractivity contribution in [3.8, 4) is 11.3 Å². The molecular formula is C25H25FN4O. The fourth-order valence-electron chi connectivity index (χ4n) is 4.57. The number of carbonyl (C=O) groups excluding carboxylic acids is 1. The molecule has 0 unspecified atom stereocenters. The number of rotatable bonds is 3. The molecule has 2 aromatic carbocycles. The van der Waals surface area contributed by atoms with E-state index in [9.17, 15) is 9.18 Å². The lowest BCUT2D eigenvalue weighted by molar-refractivity contribution is -0.137. The first kappa shape index (κ1) is 19.7. The molecule has 1 aromatic heterocycles. The number of aromatic nitrogens is 2. The second-order valence-corrected chi connectivity index (χ2v) is 8.32. The van der Waals surface area contributed by atoms with Crippen LogP contribution in [0.2, 0.25) is 0 Å². The standard InChI is InChI=1S/C25H25FN4O/c26-22-7-5-19(6-8-22)23-9-10-24(28-27-23)29-14-12-20(13-15-29)25(31)30-16-11-18-3-1-2-4-21(18)17-30/h1-10,20H,11-17H2. The summed E-state index contributed by atoms with van der Waals surface area (Å²) in [6.07, 6.45) is 2.60. The zero-order valence-corrected chi connectivity index (χ0v) is 17.4. The second kappa shape index (κ2) is 8.46. The molecule has 3 heterocycles. The first-order valence-corrected chi connectivity index (χ1v) is 10.9. The molecule has 0 atom stereocenters. The van der Waals surface area contributed by atoms with E-state index < -0.39 is 0 Å². The largest absolute Gasteiger partial charge is 0.355 e. The molecule has 1 fully saturated rings. The van der Waals surface area contributed by atoms with Crippen LogP contribution in [0.25, 0.3) is 11.3 Å². The molecule has 1 saturated heterocycles. The molecule has 6 heteroatoms. The van der Waals surface area contributed by atoms with E-state index in [2.05, 4.69) is 33.3 Å². The van der Waals surface area contributed by atoms with Gasteiger partial charge in [-0.2, -0.15) is 0 Å². The molecule has 5 nitrogen and oxygen atoms in total. The smallest absolute Gasteiger partial charge is 0.226 e. The zero-order valence-electron chi connectivity index (χ0n) is 17.4. The quantitative estimate of drug-likeness (QED) is 0.646. The van der Waals surface area contributed by atoms with E-state index in [0.717, 1.165) is 62.5 Å². The Morgan fingerprint density at radius 2 is 1.61 bits per heavy atom. The van der Waals surface area contributed by atoms with Gasteiger partial charge in [0.05, 0.1) is 5.69 Å². The zero-order chi connectivity index (χ0) is 21.2. The van der Waals surface area contributed by atoms with Crippen LogP contribution in [-0.4, -0.2) is 40.6 Å². The summed E-state index contributed by atoms with van der Waals surface area (Å²) in [6, 6.07) is 18.5. The van der Waals surface area contributed by atoms with Crippen LogP contribution in [0, 0.1) is 11.7 Å². The van der Waals surface area contributed by atoms with Crippen molar-refractivity contribution < 1.29 is 9.18 Å². The molecule has 0 radical (unpaired) electrons. The highest BCUT2D eigenvalue weighted by Gasteiger charge is 2.30. The molecule has 0 N–H and O–H groups in total. The van der Waals surface area contributed by atoms with Crippen molar-refractivity contribution in [3.05, 3.63) is 77.6 Å². The van der Waals surface area contributed by atoms with Gasteiger partial charge < -0.3 is 9.80 Å². The van der Waals surface area contributed by atoms with E-state index in [0.29, 0.717) is 0 Å². The van der Waals surface area contributed by atoms with Gasteiger partial charge in [0, 0.05) is 37.7 Å². The Morgan fingerprint density at radius 3 is 2.32 bits per heavy atom. The lowest BCUT2D eigenvalue weighted by atomic mass is 9.93. The molecule has 2 aliphatic heterocycles. The van der Waals surface area contributed by atoms with Crippen LogP contribution in [0.3, 0.4) is 0 Å². The minimum atomic E-state index is -0.264. The van der Waals surface area contributed by atoms with Gasteiger partial charge in [0.1, 0.15) is 5.82 Å². The van der Waals surface area contributed by atoms with Gasteiger partial charge in [-0.1, -0.05) is 24.3 Å². The van der Waals surface area contributed by atoms with Crippen LogP contribution in [0.5, 0.6) is 0 Å². The highest BCUT2D eigenvalue weighted by molar-refractivity contribution is 5.79. The van der Waals surface area contributed by atoms with Crippen LogP contribution in [0.15, 0.2) is 60.7 Å². The van der Waals surface area contributed by atoms with E-state index in [1.165, 1.54) is 23.3 Å². The summed E-state index contributed by atoms with van der Waals surface area (Å²) in [5.41, 5.74) is 4.20. The lowest BCUT2D eigenvalue weighted by Crippen LogP contribution is -2.44. The topological polar surface area (TPSA) is 49.3 Å². The molecule has 158 valence electrons. The summed E-state index contributed by atoms with van der Waals surface area (Å²) in [5.74, 6) is 0.919. The van der Waals surface area contributed by atoms with Crippen molar-refractivity contribution in [3.63, 3.8) is 0 Å². The Kier molecular flexibility index (Phi) is 5.37. The third-order valence-corrected chi connectivity index (χ3v) is 6.40. The molecule has 2 aliphatic rings. The third-order valence-electron chi connectivity index (χ3n) is 6.40. The SMILES string of the molecule is O=C(C1CCN(c2ccc(-c3ccc(F)cc3)nn2)CC1)N1CCc2ccccc2C1. The fraction of sp³-hybridized carbons (Fsp3) is 0.320. The van der Waals surface area contributed by atoms with Crippen molar-refractivity contribution in [2.24, 2.45) is 5.92 Å². The number of nitrogens with zero attached hydrogens (tertiary/aromatic N) is 4. The summed E-state index contributed by atoms with van der Waals surface area (Å²) in [5, 5.41) is 8.69. The number of fused-ring (bicyclic) bond motifs is 1. The Balaban J connectivity index is 1.19. The summed E-state index contributed by atoms with van der Waals surface area (Å²) >= 11 is 0. The number of benzene rings is 2. The van der Waals surface area contributed by atoms with Crippen molar-refractivity contribution in [2.75, 3.05) is 24.5 Å². The maximum atomic E-state index is 13.1. The Morgan fingerprint density at radius 1 is 0.871 bits per heavy atom. The van der Waals surface area contributed by atoms with Gasteiger partial charge in [-0.15, -0.1) is 10.2 Å². The summed E-state index contributed by atoms with van der Waals surface area (Å²) < 4.78 is 13.1.